The monoisotopic (exact) mass is 614 g/mol. The van der Waals surface area contributed by atoms with Gasteiger partial charge in [0.25, 0.3) is 5.91 Å². The summed E-state index contributed by atoms with van der Waals surface area (Å²) in [6, 6.07) is 33.4. The lowest BCUT2D eigenvalue weighted by Gasteiger charge is -2.30. The summed E-state index contributed by atoms with van der Waals surface area (Å²) in [5, 5.41) is 11.1. The lowest BCUT2D eigenvalue weighted by molar-refractivity contribution is -0.143. The normalized spacial score (nSPS) is 18.0. The van der Waals surface area contributed by atoms with Crippen LogP contribution in [0.1, 0.15) is 35.6 Å². The first kappa shape index (κ1) is 31.5. The molecule has 9 heteroatoms. The molecule has 0 saturated carbocycles. The Morgan fingerprint density at radius 2 is 1.51 bits per heavy atom. The van der Waals surface area contributed by atoms with Crippen LogP contribution < -0.4 is 10.1 Å². The predicted molar refractivity (Wildman–Crippen MR) is 168 cm³/mol. The molecule has 0 bridgehead atoms. The van der Waals surface area contributed by atoms with Crippen molar-refractivity contribution >= 4 is 17.9 Å². The lowest BCUT2D eigenvalue weighted by atomic mass is 9.83. The van der Waals surface area contributed by atoms with Gasteiger partial charge in [-0.1, -0.05) is 97.1 Å². The van der Waals surface area contributed by atoms with Gasteiger partial charge in [-0.05, 0) is 46.5 Å². The minimum absolute atomic E-state index is 0.00759. The fourth-order valence-corrected chi connectivity index (χ4v) is 5.07. The molecule has 0 saturated heterocycles. The van der Waals surface area contributed by atoms with E-state index in [-0.39, 0.29) is 18.9 Å². The Hall–Kier alpha value is -4.89. The molecule has 1 aliphatic rings. The van der Waals surface area contributed by atoms with Gasteiger partial charge in [0, 0.05) is 25.0 Å². The molecule has 45 heavy (non-hydrogen) atoms. The van der Waals surface area contributed by atoms with Crippen molar-refractivity contribution in [3.8, 4) is 16.9 Å². The molecule has 0 radical (unpaired) electrons. The topological polar surface area (TPSA) is 80.2 Å². The molecule has 2 N–H and O–H groups in total. The zero-order valence-electron chi connectivity index (χ0n) is 24.4. The first-order chi connectivity index (χ1) is 21.8. The summed E-state index contributed by atoms with van der Waals surface area (Å²) < 4.78 is 51.9. The molecule has 232 valence electrons. The van der Waals surface area contributed by atoms with Crippen LogP contribution in [-0.4, -0.2) is 48.4 Å². The quantitative estimate of drug-likeness (QED) is 0.166. The van der Waals surface area contributed by atoms with Crippen LogP contribution in [0.4, 0.5) is 13.2 Å². The van der Waals surface area contributed by atoms with E-state index in [1.165, 1.54) is 0 Å². The zero-order valence-corrected chi connectivity index (χ0v) is 24.4. The molecule has 4 aromatic carbocycles. The third-order valence-corrected chi connectivity index (χ3v) is 7.34. The molecule has 0 fully saturated rings. The SMILES string of the molecule is O=C(NCC(F)(F)F)[C@]1(C/C=C/c2ccccc2)N=C(c2ccc(OCCCO)cc2)O[C@@H]1c1ccc(-c2ccccc2)cc1. The third kappa shape index (κ3) is 7.99. The minimum Gasteiger partial charge on any atom is -0.494 e. The molecule has 4 aromatic rings. The Bertz CT molecular complexity index is 1610. The van der Waals surface area contributed by atoms with Gasteiger partial charge in [0.1, 0.15) is 12.3 Å². The highest BCUT2D eigenvalue weighted by molar-refractivity contribution is 6.01. The number of aliphatic hydroxyl groups excluding tert-OH is 1. The third-order valence-electron chi connectivity index (χ3n) is 7.34. The van der Waals surface area contributed by atoms with Crippen LogP contribution in [0.15, 0.2) is 120 Å². The molecule has 2 atom stereocenters. The van der Waals surface area contributed by atoms with Crippen molar-refractivity contribution in [1.82, 2.24) is 5.32 Å². The maximum Gasteiger partial charge on any atom is 0.405 e. The van der Waals surface area contributed by atoms with E-state index in [1.807, 2.05) is 84.9 Å². The van der Waals surface area contributed by atoms with Gasteiger partial charge in [0.15, 0.2) is 11.6 Å². The number of benzene rings is 4. The van der Waals surface area contributed by atoms with E-state index in [9.17, 15) is 18.0 Å². The fourth-order valence-electron chi connectivity index (χ4n) is 5.07. The number of aliphatic hydroxyl groups is 1. The van der Waals surface area contributed by atoms with Gasteiger partial charge >= 0.3 is 6.18 Å². The highest BCUT2D eigenvalue weighted by Gasteiger charge is 2.53. The van der Waals surface area contributed by atoms with Crippen LogP contribution in [0.2, 0.25) is 0 Å². The number of hydrogen-bond donors (Lipinski definition) is 2. The summed E-state index contributed by atoms with van der Waals surface area (Å²) in [7, 11) is 0. The fraction of sp³-hybridized carbons (Fsp3) is 0.222. The van der Waals surface area contributed by atoms with Gasteiger partial charge in [0.2, 0.25) is 5.90 Å². The maximum absolute atomic E-state index is 13.8. The summed E-state index contributed by atoms with van der Waals surface area (Å²) >= 11 is 0. The molecule has 0 unspecified atom stereocenters. The highest BCUT2D eigenvalue weighted by atomic mass is 19.4. The second-order valence-electron chi connectivity index (χ2n) is 10.6. The molecular formula is C36H33F3N2O4. The van der Waals surface area contributed by atoms with Gasteiger partial charge in [-0.2, -0.15) is 13.2 Å². The van der Waals surface area contributed by atoms with E-state index >= 15 is 0 Å². The van der Waals surface area contributed by atoms with Gasteiger partial charge in [-0.3, -0.25) is 4.79 Å². The second-order valence-corrected chi connectivity index (χ2v) is 10.6. The first-order valence-corrected chi connectivity index (χ1v) is 14.6. The second kappa shape index (κ2) is 14.3. The van der Waals surface area contributed by atoms with Crippen molar-refractivity contribution in [2.75, 3.05) is 19.8 Å². The number of nitrogens with zero attached hydrogens (tertiary/aromatic N) is 1. The van der Waals surface area contributed by atoms with Crippen molar-refractivity contribution in [2.45, 2.75) is 30.7 Å². The number of aliphatic imine (C=N–C) groups is 1. The Balaban J connectivity index is 1.54. The average Bonchev–Trinajstić information content (AvgIpc) is 3.45. The number of amides is 1. The Morgan fingerprint density at radius 1 is 0.889 bits per heavy atom. The molecule has 0 aliphatic carbocycles. The van der Waals surface area contributed by atoms with Gasteiger partial charge in [-0.25, -0.2) is 4.99 Å². The van der Waals surface area contributed by atoms with E-state index in [0.717, 1.165) is 16.7 Å². The molecule has 1 amide bonds. The highest BCUT2D eigenvalue weighted by Crippen LogP contribution is 2.43. The van der Waals surface area contributed by atoms with E-state index in [2.05, 4.69) is 5.32 Å². The van der Waals surface area contributed by atoms with E-state index in [1.54, 1.807) is 36.4 Å². The number of hydrogen-bond acceptors (Lipinski definition) is 5. The van der Waals surface area contributed by atoms with Crippen LogP contribution in [-0.2, 0) is 9.53 Å². The summed E-state index contributed by atoms with van der Waals surface area (Å²) in [6.45, 7) is -1.15. The number of rotatable bonds is 12. The van der Waals surface area contributed by atoms with Crippen molar-refractivity contribution in [3.05, 3.63) is 132 Å². The molecule has 6 nitrogen and oxygen atoms in total. The molecule has 5 rings (SSSR count). The average molecular weight is 615 g/mol. The zero-order chi connectivity index (χ0) is 31.7. The van der Waals surface area contributed by atoms with Crippen LogP contribution >= 0.6 is 0 Å². The van der Waals surface area contributed by atoms with Gasteiger partial charge in [0.05, 0.1) is 6.61 Å². The van der Waals surface area contributed by atoms with Crippen LogP contribution in [0, 0.1) is 0 Å². The smallest absolute Gasteiger partial charge is 0.405 e. The largest absolute Gasteiger partial charge is 0.494 e. The number of ether oxygens (including phenoxy) is 2. The first-order valence-electron chi connectivity index (χ1n) is 14.6. The van der Waals surface area contributed by atoms with E-state index < -0.39 is 30.3 Å². The van der Waals surface area contributed by atoms with Crippen molar-refractivity contribution < 1.29 is 32.5 Å². The van der Waals surface area contributed by atoms with Crippen molar-refractivity contribution in [3.63, 3.8) is 0 Å². The van der Waals surface area contributed by atoms with Crippen molar-refractivity contribution in [2.24, 2.45) is 4.99 Å². The van der Waals surface area contributed by atoms with Gasteiger partial charge in [-0.15, -0.1) is 0 Å². The van der Waals surface area contributed by atoms with Crippen LogP contribution in [0.3, 0.4) is 0 Å². The predicted octanol–water partition coefficient (Wildman–Crippen LogP) is 7.15. The summed E-state index contributed by atoms with van der Waals surface area (Å²) in [4.78, 5) is 18.6. The summed E-state index contributed by atoms with van der Waals surface area (Å²) in [6.07, 6.45) is -1.63. The number of carbonyl (C=O) groups excluding carboxylic acids is 1. The maximum atomic E-state index is 13.8. The van der Waals surface area contributed by atoms with Gasteiger partial charge < -0.3 is 19.9 Å². The number of halogens is 3. The Kier molecular flexibility index (Phi) is 9.99. The Labute approximate surface area is 259 Å². The number of nitrogens with one attached hydrogen (secondary N) is 1. The summed E-state index contributed by atoms with van der Waals surface area (Å²) in [5.41, 5.74) is 2.18. The molecular weight excluding hydrogens is 581 g/mol. The number of carbonyl (C=O) groups is 1. The van der Waals surface area contributed by atoms with E-state index in [0.29, 0.717) is 29.9 Å². The molecule has 1 aliphatic heterocycles. The molecule has 0 spiro atoms. The number of alkyl halides is 3. The van der Waals surface area contributed by atoms with Crippen LogP contribution in [0.5, 0.6) is 5.75 Å². The minimum atomic E-state index is -4.61. The standard InChI is InChI=1S/C36H33F3N2O4/c37-36(38,39)25-40-34(43)35(22-7-11-26-9-3-1-4-10-26)32(29-16-14-28(15-17-29)27-12-5-2-6-13-27)45-33(41-35)30-18-20-31(21-19-30)44-24-8-23-42/h1-7,9-21,32,42H,8,22-25H2,(H,40,43)/b11-7+/t32-,35-/m1/s1. The molecule has 1 heterocycles. The van der Waals surface area contributed by atoms with Crippen molar-refractivity contribution in [1.29, 1.82) is 0 Å². The van der Waals surface area contributed by atoms with Crippen LogP contribution in [0.25, 0.3) is 17.2 Å². The Morgan fingerprint density at radius 3 is 2.16 bits per heavy atom. The lowest BCUT2D eigenvalue weighted by Crippen LogP contribution is -2.50. The summed E-state index contributed by atoms with van der Waals surface area (Å²) in [5.74, 6) is -0.197. The van der Waals surface area contributed by atoms with E-state index in [4.69, 9.17) is 19.6 Å². The molecule has 0 aromatic heterocycles.